The van der Waals surface area contributed by atoms with Crippen molar-refractivity contribution in [1.29, 1.82) is 0 Å². The summed E-state index contributed by atoms with van der Waals surface area (Å²) < 4.78 is 9.55. The second-order valence-electron chi connectivity index (χ2n) is 3.87. The molecule has 0 aromatic carbocycles. The van der Waals surface area contributed by atoms with Gasteiger partial charge in [0.1, 0.15) is 4.88 Å². The lowest BCUT2D eigenvalue weighted by atomic mass is 10.3. The molecule has 1 aromatic rings. The highest BCUT2D eigenvalue weighted by Crippen LogP contribution is 2.24. The summed E-state index contributed by atoms with van der Waals surface area (Å²) in [7, 11) is 2.93. The molecule has 19 heavy (non-hydrogen) atoms. The second-order valence-corrected chi connectivity index (χ2v) is 4.87. The highest BCUT2D eigenvalue weighted by atomic mass is 32.1. The van der Waals surface area contributed by atoms with Crippen LogP contribution in [0.4, 0.5) is 5.13 Å². The van der Waals surface area contributed by atoms with Gasteiger partial charge >= 0.3 is 5.97 Å². The van der Waals surface area contributed by atoms with Crippen LogP contribution in [-0.2, 0) is 9.47 Å². The number of nitrogens with zero attached hydrogens (tertiary/aromatic N) is 1. The summed E-state index contributed by atoms with van der Waals surface area (Å²) in [6, 6.07) is 0. The Labute approximate surface area is 116 Å². The molecule has 0 aliphatic rings. The molecular weight excluding hydrogens is 268 g/mol. The largest absolute Gasteiger partial charge is 0.464 e. The molecule has 1 aromatic heterocycles. The van der Waals surface area contributed by atoms with E-state index in [0.717, 1.165) is 19.4 Å². The molecule has 1 heterocycles. The lowest BCUT2D eigenvalue weighted by Gasteiger charge is -2.01. The fourth-order valence-electron chi connectivity index (χ4n) is 1.44. The van der Waals surface area contributed by atoms with Gasteiger partial charge in [0, 0.05) is 27.2 Å². The minimum absolute atomic E-state index is 0.0828. The van der Waals surface area contributed by atoms with Gasteiger partial charge in [0.15, 0.2) is 16.6 Å². The molecule has 0 radical (unpaired) electrons. The van der Waals surface area contributed by atoms with Gasteiger partial charge in [0.05, 0.1) is 7.11 Å². The molecule has 0 bridgehead atoms. The summed E-state index contributed by atoms with van der Waals surface area (Å²) in [6.07, 6.45) is 1.87. The standard InChI is InChI=1S/C12H18N2O4S/c1-8(15)10-9(11(16)18-3)14-12(19-10)13-6-4-5-7-17-2/h4-7H2,1-3H3,(H,13,14). The SMILES string of the molecule is COCCCCNc1nc(C(=O)OC)c(C(C)=O)s1. The third-order valence-corrected chi connectivity index (χ3v) is 3.49. The van der Waals surface area contributed by atoms with Crippen LogP contribution in [0.1, 0.15) is 39.9 Å². The van der Waals surface area contributed by atoms with Crippen LogP contribution in [0.15, 0.2) is 0 Å². The maximum absolute atomic E-state index is 11.5. The average molecular weight is 286 g/mol. The predicted molar refractivity (Wildman–Crippen MR) is 73.1 cm³/mol. The zero-order valence-electron chi connectivity index (χ0n) is 11.3. The Kier molecular flexibility index (Phi) is 6.44. The number of ether oxygens (including phenoxy) is 2. The lowest BCUT2D eigenvalue weighted by Crippen LogP contribution is -2.07. The molecule has 0 unspecified atom stereocenters. The highest BCUT2D eigenvalue weighted by molar-refractivity contribution is 7.17. The van der Waals surface area contributed by atoms with E-state index in [0.29, 0.717) is 16.6 Å². The number of thiazole rings is 1. The van der Waals surface area contributed by atoms with E-state index in [1.807, 2.05) is 0 Å². The fourth-order valence-corrected chi connectivity index (χ4v) is 2.31. The van der Waals surface area contributed by atoms with Crippen LogP contribution in [0, 0.1) is 0 Å². The summed E-state index contributed by atoms with van der Waals surface area (Å²) in [5.41, 5.74) is 0.0828. The van der Waals surface area contributed by atoms with Crippen LogP contribution in [-0.4, -0.2) is 44.1 Å². The van der Waals surface area contributed by atoms with E-state index in [-0.39, 0.29) is 11.5 Å². The Balaban J connectivity index is 2.65. The number of unbranched alkanes of at least 4 members (excludes halogenated alkanes) is 1. The zero-order chi connectivity index (χ0) is 14.3. The Hall–Kier alpha value is -1.47. The molecule has 0 spiro atoms. The summed E-state index contributed by atoms with van der Waals surface area (Å²) in [5, 5.41) is 3.65. The van der Waals surface area contributed by atoms with Gasteiger partial charge in [-0.05, 0) is 12.8 Å². The number of aromatic nitrogens is 1. The number of esters is 1. The second kappa shape index (κ2) is 7.85. The molecule has 0 saturated carbocycles. The van der Waals surface area contributed by atoms with Crippen LogP contribution in [0.25, 0.3) is 0 Å². The molecular formula is C12H18N2O4S. The quantitative estimate of drug-likeness (QED) is 0.447. The Morgan fingerprint density at radius 3 is 2.63 bits per heavy atom. The monoisotopic (exact) mass is 286 g/mol. The third-order valence-electron chi connectivity index (χ3n) is 2.38. The molecule has 0 aliphatic heterocycles. The van der Waals surface area contributed by atoms with Crippen molar-refractivity contribution in [1.82, 2.24) is 4.98 Å². The number of carbonyl (C=O) groups excluding carboxylic acids is 2. The zero-order valence-corrected chi connectivity index (χ0v) is 12.1. The highest BCUT2D eigenvalue weighted by Gasteiger charge is 2.21. The number of ketones is 1. The molecule has 0 fully saturated rings. The molecule has 0 aliphatic carbocycles. The molecule has 1 rings (SSSR count). The van der Waals surface area contributed by atoms with Gasteiger partial charge in [-0.25, -0.2) is 9.78 Å². The molecule has 106 valence electrons. The van der Waals surface area contributed by atoms with Gasteiger partial charge in [-0.15, -0.1) is 0 Å². The molecule has 6 nitrogen and oxygen atoms in total. The van der Waals surface area contributed by atoms with Crippen molar-refractivity contribution in [2.75, 3.05) is 32.7 Å². The van der Waals surface area contributed by atoms with Gasteiger partial charge in [-0.3, -0.25) is 4.79 Å². The summed E-state index contributed by atoms with van der Waals surface area (Å²) in [5.74, 6) is -0.779. The molecule has 0 amide bonds. The van der Waals surface area contributed by atoms with E-state index in [1.165, 1.54) is 25.4 Å². The smallest absolute Gasteiger partial charge is 0.358 e. The molecule has 1 N–H and O–H groups in total. The third kappa shape index (κ3) is 4.60. The number of methoxy groups -OCH3 is 2. The molecule has 0 saturated heterocycles. The van der Waals surface area contributed by atoms with E-state index < -0.39 is 5.97 Å². The topological polar surface area (TPSA) is 77.5 Å². The average Bonchev–Trinajstić information content (AvgIpc) is 2.82. The van der Waals surface area contributed by atoms with Crippen molar-refractivity contribution in [2.24, 2.45) is 0 Å². The number of anilines is 1. The number of carbonyl (C=O) groups is 2. The van der Waals surface area contributed by atoms with E-state index in [4.69, 9.17) is 4.74 Å². The normalized spacial score (nSPS) is 10.3. The number of rotatable bonds is 8. The lowest BCUT2D eigenvalue weighted by molar-refractivity contribution is 0.0591. The minimum Gasteiger partial charge on any atom is -0.464 e. The number of nitrogens with one attached hydrogen (secondary N) is 1. The predicted octanol–water partition coefficient (Wildman–Crippen LogP) is 1.97. The first kappa shape index (κ1) is 15.6. The van der Waals surface area contributed by atoms with Crippen molar-refractivity contribution >= 4 is 28.2 Å². The van der Waals surface area contributed by atoms with Crippen LogP contribution in [0.3, 0.4) is 0 Å². The number of hydrogen-bond donors (Lipinski definition) is 1. The van der Waals surface area contributed by atoms with Crippen molar-refractivity contribution in [3.05, 3.63) is 10.6 Å². The maximum Gasteiger partial charge on any atom is 0.358 e. The first-order valence-electron chi connectivity index (χ1n) is 5.93. The van der Waals surface area contributed by atoms with Crippen LogP contribution in [0.5, 0.6) is 0 Å². The Morgan fingerprint density at radius 1 is 1.32 bits per heavy atom. The minimum atomic E-state index is -0.589. The molecule has 0 atom stereocenters. The van der Waals surface area contributed by atoms with Crippen molar-refractivity contribution in [2.45, 2.75) is 19.8 Å². The van der Waals surface area contributed by atoms with Gasteiger partial charge in [0.2, 0.25) is 0 Å². The van der Waals surface area contributed by atoms with Crippen molar-refractivity contribution in [3.63, 3.8) is 0 Å². The van der Waals surface area contributed by atoms with E-state index >= 15 is 0 Å². The first-order chi connectivity index (χ1) is 9.10. The van der Waals surface area contributed by atoms with Crippen molar-refractivity contribution < 1.29 is 19.1 Å². The Bertz CT molecular complexity index is 445. The van der Waals surface area contributed by atoms with Gasteiger partial charge in [0.25, 0.3) is 0 Å². The fraction of sp³-hybridized carbons (Fsp3) is 0.583. The van der Waals surface area contributed by atoms with Gasteiger partial charge in [-0.1, -0.05) is 11.3 Å². The van der Waals surface area contributed by atoms with E-state index in [1.54, 1.807) is 7.11 Å². The Morgan fingerprint density at radius 2 is 2.05 bits per heavy atom. The number of hydrogen-bond acceptors (Lipinski definition) is 7. The molecule has 7 heteroatoms. The van der Waals surface area contributed by atoms with Gasteiger partial charge < -0.3 is 14.8 Å². The van der Waals surface area contributed by atoms with Gasteiger partial charge in [-0.2, -0.15) is 0 Å². The first-order valence-corrected chi connectivity index (χ1v) is 6.74. The number of Topliss-reactive ketones (excluding diaryl/α,β-unsaturated/α-hetero) is 1. The maximum atomic E-state index is 11.5. The van der Waals surface area contributed by atoms with Crippen LogP contribution >= 0.6 is 11.3 Å². The summed E-state index contributed by atoms with van der Waals surface area (Å²) in [4.78, 5) is 27.4. The van der Waals surface area contributed by atoms with E-state index in [2.05, 4.69) is 15.0 Å². The van der Waals surface area contributed by atoms with E-state index in [9.17, 15) is 9.59 Å². The summed E-state index contributed by atoms with van der Waals surface area (Å²) in [6.45, 7) is 2.84. The van der Waals surface area contributed by atoms with Crippen LogP contribution < -0.4 is 5.32 Å². The van der Waals surface area contributed by atoms with Crippen LogP contribution in [0.2, 0.25) is 0 Å². The van der Waals surface area contributed by atoms with Crippen molar-refractivity contribution in [3.8, 4) is 0 Å². The summed E-state index contributed by atoms with van der Waals surface area (Å²) >= 11 is 1.17.